The minimum Gasteiger partial charge on any atom is -0.294 e. The SMILES string of the molecule is C=C1c2c(F)cccc2C(=O)N1C12CC1CC(=O)NC2=O. The zero-order chi connectivity index (χ0) is 14.9. The fraction of sp³-hybridized carbons (Fsp3) is 0.267. The highest BCUT2D eigenvalue weighted by Gasteiger charge is 2.69. The van der Waals surface area contributed by atoms with Gasteiger partial charge in [-0.25, -0.2) is 4.39 Å². The van der Waals surface area contributed by atoms with E-state index in [0.717, 1.165) is 0 Å². The van der Waals surface area contributed by atoms with Crippen molar-refractivity contribution in [1.29, 1.82) is 0 Å². The van der Waals surface area contributed by atoms with Crippen LogP contribution in [0.1, 0.15) is 28.8 Å². The fourth-order valence-corrected chi connectivity index (χ4v) is 3.49. The van der Waals surface area contributed by atoms with Gasteiger partial charge in [-0.05, 0) is 18.6 Å². The average Bonchev–Trinajstić information content (AvgIpc) is 3.07. The second-order valence-electron chi connectivity index (χ2n) is 5.66. The van der Waals surface area contributed by atoms with Crippen LogP contribution in [-0.2, 0) is 9.59 Å². The number of hydrogen-bond acceptors (Lipinski definition) is 3. The Morgan fingerprint density at radius 1 is 1.33 bits per heavy atom. The van der Waals surface area contributed by atoms with E-state index in [4.69, 9.17) is 0 Å². The van der Waals surface area contributed by atoms with Gasteiger partial charge in [0.1, 0.15) is 11.4 Å². The molecule has 1 aromatic carbocycles. The Bertz CT molecular complexity index is 757. The van der Waals surface area contributed by atoms with E-state index in [2.05, 4.69) is 11.9 Å². The molecule has 106 valence electrons. The van der Waals surface area contributed by atoms with Crippen LogP contribution in [0.3, 0.4) is 0 Å². The van der Waals surface area contributed by atoms with Crippen molar-refractivity contribution < 1.29 is 18.8 Å². The minimum absolute atomic E-state index is 0.146. The predicted molar refractivity (Wildman–Crippen MR) is 70.2 cm³/mol. The van der Waals surface area contributed by atoms with Gasteiger partial charge in [-0.3, -0.25) is 24.6 Å². The van der Waals surface area contributed by atoms with E-state index in [0.29, 0.717) is 6.42 Å². The highest BCUT2D eigenvalue weighted by molar-refractivity contribution is 6.15. The van der Waals surface area contributed by atoms with Gasteiger partial charge < -0.3 is 0 Å². The third-order valence-electron chi connectivity index (χ3n) is 4.56. The Morgan fingerprint density at radius 3 is 2.76 bits per heavy atom. The summed E-state index contributed by atoms with van der Waals surface area (Å²) in [4.78, 5) is 37.4. The number of rotatable bonds is 1. The number of halogens is 1. The van der Waals surface area contributed by atoms with Gasteiger partial charge in [-0.15, -0.1) is 0 Å². The Balaban J connectivity index is 1.81. The molecule has 3 amide bonds. The van der Waals surface area contributed by atoms with E-state index >= 15 is 0 Å². The lowest BCUT2D eigenvalue weighted by atomic mass is 10.0. The summed E-state index contributed by atoms with van der Waals surface area (Å²) < 4.78 is 14.0. The second kappa shape index (κ2) is 3.58. The summed E-state index contributed by atoms with van der Waals surface area (Å²) in [7, 11) is 0. The fourth-order valence-electron chi connectivity index (χ4n) is 3.49. The summed E-state index contributed by atoms with van der Waals surface area (Å²) in [5, 5.41) is 2.26. The lowest BCUT2D eigenvalue weighted by Gasteiger charge is -2.31. The molecular weight excluding hydrogens is 275 g/mol. The minimum atomic E-state index is -1.08. The maximum atomic E-state index is 14.0. The van der Waals surface area contributed by atoms with E-state index in [-0.39, 0.29) is 35.1 Å². The van der Waals surface area contributed by atoms with Crippen molar-refractivity contribution in [3.8, 4) is 0 Å². The quantitative estimate of drug-likeness (QED) is 0.785. The van der Waals surface area contributed by atoms with Crippen molar-refractivity contribution in [3.63, 3.8) is 0 Å². The number of hydrogen-bond donors (Lipinski definition) is 1. The van der Waals surface area contributed by atoms with Gasteiger partial charge >= 0.3 is 0 Å². The number of carbonyl (C=O) groups is 3. The summed E-state index contributed by atoms with van der Waals surface area (Å²) in [5.74, 6) is -2.00. The molecule has 1 aliphatic carbocycles. The third-order valence-corrected chi connectivity index (χ3v) is 4.56. The van der Waals surface area contributed by atoms with E-state index in [1.807, 2.05) is 0 Å². The van der Waals surface area contributed by atoms with Crippen molar-refractivity contribution >= 4 is 23.4 Å². The van der Waals surface area contributed by atoms with Crippen molar-refractivity contribution in [2.75, 3.05) is 0 Å². The summed E-state index contributed by atoms with van der Waals surface area (Å²) >= 11 is 0. The molecule has 1 saturated carbocycles. The molecule has 6 heteroatoms. The molecule has 3 aliphatic rings. The van der Waals surface area contributed by atoms with E-state index in [1.54, 1.807) is 0 Å². The largest absolute Gasteiger partial charge is 0.294 e. The number of amides is 3. The molecule has 4 rings (SSSR count). The Hall–Kier alpha value is -2.50. The van der Waals surface area contributed by atoms with Crippen LogP contribution in [0.2, 0.25) is 0 Å². The van der Waals surface area contributed by atoms with Crippen LogP contribution >= 0.6 is 0 Å². The van der Waals surface area contributed by atoms with Crippen molar-refractivity contribution in [2.45, 2.75) is 18.4 Å². The van der Waals surface area contributed by atoms with Gasteiger partial charge in [-0.2, -0.15) is 0 Å². The lowest BCUT2D eigenvalue weighted by molar-refractivity contribution is -0.136. The number of nitrogens with one attached hydrogen (secondary N) is 1. The Kier molecular flexibility index (Phi) is 2.09. The van der Waals surface area contributed by atoms with Gasteiger partial charge in [-0.1, -0.05) is 12.6 Å². The molecule has 2 unspecified atom stereocenters. The van der Waals surface area contributed by atoms with Crippen molar-refractivity contribution in [3.05, 3.63) is 41.7 Å². The maximum Gasteiger partial charge on any atom is 0.260 e. The standard InChI is InChI=1S/C15H11FN2O3/c1-7-12-9(3-2-4-10(12)16)13(20)18(7)15-6-8(15)5-11(19)17-14(15)21/h2-4,8H,1,5-6H2,(H,17,19,21). The van der Waals surface area contributed by atoms with Crippen LogP contribution in [0.4, 0.5) is 4.39 Å². The van der Waals surface area contributed by atoms with Crippen LogP contribution in [0.25, 0.3) is 5.70 Å². The van der Waals surface area contributed by atoms with Gasteiger partial charge in [0.05, 0.1) is 5.56 Å². The van der Waals surface area contributed by atoms with Crippen LogP contribution in [0, 0.1) is 11.7 Å². The van der Waals surface area contributed by atoms with Crippen LogP contribution < -0.4 is 5.32 Å². The second-order valence-corrected chi connectivity index (χ2v) is 5.66. The number of piperidine rings is 1. The summed E-state index contributed by atoms with van der Waals surface area (Å²) in [6.07, 6.45) is 0.604. The highest BCUT2D eigenvalue weighted by atomic mass is 19.1. The Labute approximate surface area is 119 Å². The predicted octanol–water partition coefficient (Wildman–Crippen LogP) is 1.06. The van der Waals surface area contributed by atoms with Gasteiger partial charge in [0.15, 0.2) is 0 Å². The van der Waals surface area contributed by atoms with Crippen LogP contribution in [0.5, 0.6) is 0 Å². The normalized spacial score (nSPS) is 30.1. The topological polar surface area (TPSA) is 66.5 Å². The van der Waals surface area contributed by atoms with E-state index in [9.17, 15) is 18.8 Å². The molecule has 1 aromatic rings. The molecule has 1 N–H and O–H groups in total. The summed E-state index contributed by atoms with van der Waals surface area (Å²) in [5.41, 5.74) is -0.523. The smallest absolute Gasteiger partial charge is 0.260 e. The first-order chi connectivity index (χ1) is 9.96. The first-order valence-electron chi connectivity index (χ1n) is 6.63. The Morgan fingerprint density at radius 2 is 2.10 bits per heavy atom. The zero-order valence-electron chi connectivity index (χ0n) is 11.0. The number of imide groups is 1. The van der Waals surface area contributed by atoms with Crippen LogP contribution in [-0.4, -0.2) is 28.2 Å². The molecule has 2 fully saturated rings. The molecule has 2 aliphatic heterocycles. The molecular formula is C15H11FN2O3. The van der Waals surface area contributed by atoms with Gasteiger partial charge in [0, 0.05) is 23.6 Å². The lowest BCUT2D eigenvalue weighted by Crippen LogP contribution is -2.54. The van der Waals surface area contributed by atoms with E-state index in [1.165, 1.54) is 23.1 Å². The molecule has 0 aromatic heterocycles. The zero-order valence-corrected chi connectivity index (χ0v) is 11.0. The van der Waals surface area contributed by atoms with Gasteiger partial charge in [0.25, 0.3) is 11.8 Å². The highest BCUT2D eigenvalue weighted by Crippen LogP contribution is 2.57. The van der Waals surface area contributed by atoms with Crippen molar-refractivity contribution in [1.82, 2.24) is 10.2 Å². The first kappa shape index (κ1) is 12.3. The average molecular weight is 286 g/mol. The molecule has 0 spiro atoms. The van der Waals surface area contributed by atoms with E-state index < -0.39 is 23.2 Å². The third kappa shape index (κ3) is 1.32. The number of nitrogens with zero attached hydrogens (tertiary/aromatic N) is 1. The van der Waals surface area contributed by atoms with Crippen LogP contribution in [0.15, 0.2) is 24.8 Å². The molecule has 0 bridgehead atoms. The maximum absolute atomic E-state index is 14.0. The number of carbonyl (C=O) groups excluding carboxylic acids is 3. The monoisotopic (exact) mass is 286 g/mol. The molecule has 0 radical (unpaired) electrons. The number of fused-ring (bicyclic) bond motifs is 2. The van der Waals surface area contributed by atoms with Crippen molar-refractivity contribution in [2.24, 2.45) is 5.92 Å². The summed E-state index contributed by atoms with van der Waals surface area (Å²) in [6, 6.07) is 4.23. The van der Waals surface area contributed by atoms with Gasteiger partial charge in [0.2, 0.25) is 5.91 Å². The molecule has 2 atom stereocenters. The first-order valence-corrected chi connectivity index (χ1v) is 6.63. The molecule has 21 heavy (non-hydrogen) atoms. The molecule has 1 saturated heterocycles. The molecule has 5 nitrogen and oxygen atoms in total. The summed E-state index contributed by atoms with van der Waals surface area (Å²) in [6.45, 7) is 3.79. The number of benzene rings is 1. The molecule has 2 heterocycles.